The van der Waals surface area contributed by atoms with Gasteiger partial charge in [-0.05, 0) is 18.6 Å². The Morgan fingerprint density at radius 2 is 2.19 bits per heavy atom. The number of benzene rings is 1. The van der Waals surface area contributed by atoms with Gasteiger partial charge in [0.2, 0.25) is 0 Å². The Morgan fingerprint density at radius 1 is 1.50 bits per heavy atom. The molecule has 0 N–H and O–H groups in total. The fourth-order valence-electron chi connectivity index (χ4n) is 1.29. The number of hydrogen-bond donors (Lipinski definition) is 0. The van der Waals surface area contributed by atoms with Crippen LogP contribution in [0.4, 0.5) is 0 Å². The smallest absolute Gasteiger partial charge is 0.0962 e. The average molecular weight is 319 g/mol. The first-order chi connectivity index (χ1) is 7.60. The summed E-state index contributed by atoms with van der Waals surface area (Å²) < 4.78 is 0.889. The van der Waals surface area contributed by atoms with Gasteiger partial charge < -0.3 is 0 Å². The molecule has 0 aliphatic carbocycles. The van der Waals surface area contributed by atoms with Crippen molar-refractivity contribution in [3.05, 3.63) is 38.8 Å². The lowest BCUT2D eigenvalue weighted by molar-refractivity contribution is 0.933. The number of hydrogen-bond acceptors (Lipinski definition) is 1. The van der Waals surface area contributed by atoms with E-state index in [1.54, 1.807) is 6.07 Å². The predicted molar refractivity (Wildman–Crippen MR) is 72.4 cm³/mol. The molecular weight excluding hydrogens is 309 g/mol. The van der Waals surface area contributed by atoms with Gasteiger partial charge in [-0.2, -0.15) is 5.26 Å². The molecule has 0 radical (unpaired) electrons. The molecule has 0 aromatic heterocycles. The highest BCUT2D eigenvalue weighted by Gasteiger charge is 2.10. The number of halogens is 3. The maximum atomic E-state index is 8.99. The van der Waals surface area contributed by atoms with Crippen LogP contribution >= 0.6 is 39.1 Å². The Hall–Kier alpha value is -0.490. The van der Waals surface area contributed by atoms with E-state index in [-0.39, 0.29) is 0 Å². The van der Waals surface area contributed by atoms with Crippen molar-refractivity contribution in [3.63, 3.8) is 0 Å². The first-order valence-corrected chi connectivity index (χ1v) is 6.39. The third-order valence-corrected chi connectivity index (χ3v) is 3.31. The monoisotopic (exact) mass is 317 g/mol. The molecule has 0 unspecified atom stereocenters. The molecule has 0 spiro atoms. The molecule has 1 aromatic rings. The molecule has 1 aromatic carbocycles. The molecule has 0 aliphatic heterocycles. The minimum atomic E-state index is 0.446. The van der Waals surface area contributed by atoms with Crippen LogP contribution in [0.3, 0.4) is 0 Å². The van der Waals surface area contributed by atoms with Gasteiger partial charge in [0, 0.05) is 15.6 Å². The SMILES string of the molecule is CCCC(C#N)=C(Cl)c1ccc(Br)cc1Cl. The van der Waals surface area contributed by atoms with Crippen molar-refractivity contribution in [3.8, 4) is 6.07 Å². The first kappa shape index (κ1) is 13.6. The first-order valence-electron chi connectivity index (χ1n) is 4.84. The summed E-state index contributed by atoms with van der Waals surface area (Å²) in [6.45, 7) is 2.00. The zero-order valence-corrected chi connectivity index (χ0v) is 11.8. The van der Waals surface area contributed by atoms with E-state index in [2.05, 4.69) is 22.0 Å². The summed E-state index contributed by atoms with van der Waals surface area (Å²) in [5, 5.41) is 9.98. The summed E-state index contributed by atoms with van der Waals surface area (Å²) in [4.78, 5) is 0. The van der Waals surface area contributed by atoms with Crippen molar-refractivity contribution < 1.29 is 0 Å². The number of rotatable bonds is 3. The van der Waals surface area contributed by atoms with E-state index >= 15 is 0 Å². The fraction of sp³-hybridized carbons (Fsp3) is 0.250. The summed E-state index contributed by atoms with van der Waals surface area (Å²) in [5.41, 5.74) is 1.28. The Morgan fingerprint density at radius 3 is 2.69 bits per heavy atom. The summed E-state index contributed by atoms with van der Waals surface area (Å²) >= 11 is 15.6. The maximum absolute atomic E-state index is 8.99. The van der Waals surface area contributed by atoms with Crippen molar-refractivity contribution in [2.24, 2.45) is 0 Å². The lowest BCUT2D eigenvalue weighted by atomic mass is 10.1. The molecule has 84 valence electrons. The molecule has 0 saturated heterocycles. The normalized spacial score (nSPS) is 11.9. The molecule has 0 saturated carbocycles. The Bertz CT molecular complexity index is 461. The van der Waals surface area contributed by atoms with Gasteiger partial charge in [0.1, 0.15) is 0 Å². The Balaban J connectivity index is 3.22. The zero-order valence-electron chi connectivity index (χ0n) is 8.73. The second-order valence-corrected chi connectivity index (χ2v) is 4.98. The molecule has 16 heavy (non-hydrogen) atoms. The van der Waals surface area contributed by atoms with E-state index in [0.717, 1.165) is 10.9 Å². The topological polar surface area (TPSA) is 23.8 Å². The lowest BCUT2D eigenvalue weighted by Crippen LogP contribution is -1.86. The van der Waals surface area contributed by atoms with Gasteiger partial charge in [-0.1, -0.05) is 58.5 Å². The quantitative estimate of drug-likeness (QED) is 0.687. The predicted octanol–water partition coefficient (Wildman–Crippen LogP) is 5.38. The van der Waals surface area contributed by atoms with Gasteiger partial charge in [0.25, 0.3) is 0 Å². The van der Waals surface area contributed by atoms with Crippen molar-refractivity contribution in [2.75, 3.05) is 0 Å². The van der Waals surface area contributed by atoms with Gasteiger partial charge in [-0.15, -0.1) is 0 Å². The second-order valence-electron chi connectivity index (χ2n) is 3.28. The van der Waals surface area contributed by atoms with Crippen LogP contribution in [-0.2, 0) is 0 Å². The maximum Gasteiger partial charge on any atom is 0.0962 e. The van der Waals surface area contributed by atoms with Crippen LogP contribution in [0.1, 0.15) is 25.3 Å². The standard InChI is InChI=1S/C12H10BrCl2N/c1-2-3-8(7-16)12(15)10-5-4-9(13)6-11(10)14/h4-6H,2-3H2,1H3. The Labute approximate surface area is 114 Å². The van der Waals surface area contributed by atoms with E-state index in [4.69, 9.17) is 28.5 Å². The molecule has 0 amide bonds. The minimum absolute atomic E-state index is 0.446. The van der Waals surface area contributed by atoms with Gasteiger partial charge in [0.05, 0.1) is 16.1 Å². The summed E-state index contributed by atoms with van der Waals surface area (Å²) in [6.07, 6.45) is 1.55. The number of nitriles is 1. The third-order valence-electron chi connectivity index (χ3n) is 2.07. The highest BCUT2D eigenvalue weighted by molar-refractivity contribution is 9.10. The molecule has 1 rings (SSSR count). The van der Waals surface area contributed by atoms with Gasteiger partial charge >= 0.3 is 0 Å². The third kappa shape index (κ3) is 3.25. The van der Waals surface area contributed by atoms with Crippen LogP contribution in [0.5, 0.6) is 0 Å². The van der Waals surface area contributed by atoms with Crippen LogP contribution in [-0.4, -0.2) is 0 Å². The summed E-state index contributed by atoms with van der Waals surface area (Å²) in [7, 11) is 0. The van der Waals surface area contributed by atoms with E-state index in [0.29, 0.717) is 27.6 Å². The lowest BCUT2D eigenvalue weighted by Gasteiger charge is -2.05. The van der Waals surface area contributed by atoms with Crippen LogP contribution in [0.2, 0.25) is 5.02 Å². The highest BCUT2D eigenvalue weighted by Crippen LogP contribution is 2.32. The van der Waals surface area contributed by atoms with Crippen LogP contribution < -0.4 is 0 Å². The molecule has 0 bridgehead atoms. The molecule has 0 atom stereocenters. The van der Waals surface area contributed by atoms with Crippen LogP contribution in [0.15, 0.2) is 28.2 Å². The van der Waals surface area contributed by atoms with Crippen LogP contribution in [0.25, 0.3) is 5.03 Å². The van der Waals surface area contributed by atoms with Crippen molar-refractivity contribution >= 4 is 44.2 Å². The average Bonchev–Trinajstić information content (AvgIpc) is 2.25. The highest BCUT2D eigenvalue weighted by atomic mass is 79.9. The van der Waals surface area contributed by atoms with Crippen molar-refractivity contribution in [1.82, 2.24) is 0 Å². The molecule has 0 heterocycles. The molecule has 0 fully saturated rings. The van der Waals surface area contributed by atoms with Crippen molar-refractivity contribution in [2.45, 2.75) is 19.8 Å². The van der Waals surface area contributed by atoms with E-state index in [1.807, 2.05) is 19.1 Å². The summed E-state index contributed by atoms with van der Waals surface area (Å²) in [6, 6.07) is 7.54. The largest absolute Gasteiger partial charge is 0.193 e. The second kappa shape index (κ2) is 6.30. The number of allylic oxidation sites excluding steroid dienone is 1. The minimum Gasteiger partial charge on any atom is -0.193 e. The fourth-order valence-corrected chi connectivity index (χ4v) is 2.41. The van der Waals surface area contributed by atoms with Crippen LogP contribution in [0, 0.1) is 11.3 Å². The Kier molecular flexibility index (Phi) is 5.34. The van der Waals surface area contributed by atoms with Gasteiger partial charge in [-0.3, -0.25) is 0 Å². The molecule has 1 nitrogen and oxygen atoms in total. The van der Waals surface area contributed by atoms with E-state index in [9.17, 15) is 0 Å². The van der Waals surface area contributed by atoms with E-state index < -0.39 is 0 Å². The van der Waals surface area contributed by atoms with Gasteiger partial charge in [0.15, 0.2) is 0 Å². The van der Waals surface area contributed by atoms with Gasteiger partial charge in [-0.25, -0.2) is 0 Å². The van der Waals surface area contributed by atoms with Crippen molar-refractivity contribution in [1.29, 1.82) is 5.26 Å². The molecule has 0 aliphatic rings. The molecular formula is C12H10BrCl2N. The zero-order chi connectivity index (χ0) is 12.1. The van der Waals surface area contributed by atoms with E-state index in [1.165, 1.54) is 0 Å². The number of nitrogens with zero attached hydrogens (tertiary/aromatic N) is 1. The molecule has 4 heteroatoms. The summed E-state index contributed by atoms with van der Waals surface area (Å²) in [5.74, 6) is 0.